The number of hydrogen-bond acceptors (Lipinski definition) is 6. The van der Waals surface area contributed by atoms with Crippen molar-refractivity contribution in [1.82, 2.24) is 0 Å². The van der Waals surface area contributed by atoms with E-state index in [-0.39, 0.29) is 12.4 Å². The molecule has 2 aromatic carbocycles. The van der Waals surface area contributed by atoms with Crippen molar-refractivity contribution in [2.75, 3.05) is 0 Å². The Kier molecular flexibility index (Phi) is 5.30. The minimum absolute atomic E-state index is 0.144. The summed E-state index contributed by atoms with van der Waals surface area (Å²) in [6.07, 6.45) is 2.82. The maximum Gasteiger partial charge on any atom is 0.336 e. The summed E-state index contributed by atoms with van der Waals surface area (Å²) >= 11 is 0. The molecule has 23 heavy (non-hydrogen) atoms. The Morgan fingerprint density at radius 3 is 2.39 bits per heavy atom. The zero-order chi connectivity index (χ0) is 16.7. The van der Waals surface area contributed by atoms with E-state index in [9.17, 15) is 14.9 Å². The van der Waals surface area contributed by atoms with Crippen molar-refractivity contribution in [3.05, 3.63) is 75.8 Å². The summed E-state index contributed by atoms with van der Waals surface area (Å²) in [5.74, 6) is -0.103. The van der Waals surface area contributed by atoms with Gasteiger partial charge in [-0.15, -0.1) is 10.1 Å². The number of phenols is 1. The van der Waals surface area contributed by atoms with Crippen LogP contribution >= 0.6 is 0 Å². The van der Waals surface area contributed by atoms with Crippen LogP contribution in [-0.4, -0.2) is 16.2 Å². The molecule has 0 atom stereocenters. The molecule has 0 fully saturated rings. The highest BCUT2D eigenvalue weighted by Crippen LogP contribution is 2.14. The standard InChI is InChI=1S/C16H13NO6/c18-14-6-1-12(2-7-14)5-10-16(19)23-15-8-3-13(4-9-15)11-22-17(20)21/h1-10,18H,11H2. The molecule has 0 heterocycles. The number of rotatable bonds is 6. The van der Waals surface area contributed by atoms with Crippen LogP contribution in [0.25, 0.3) is 6.08 Å². The second kappa shape index (κ2) is 7.60. The minimum Gasteiger partial charge on any atom is -0.508 e. The van der Waals surface area contributed by atoms with Crippen molar-refractivity contribution in [3.8, 4) is 11.5 Å². The summed E-state index contributed by atoms with van der Waals surface area (Å²) in [5, 5.41) is 18.4. The van der Waals surface area contributed by atoms with Crippen LogP contribution in [-0.2, 0) is 16.2 Å². The van der Waals surface area contributed by atoms with Crippen LogP contribution in [0.1, 0.15) is 11.1 Å². The van der Waals surface area contributed by atoms with Gasteiger partial charge in [0, 0.05) is 6.08 Å². The van der Waals surface area contributed by atoms with Gasteiger partial charge in [0.2, 0.25) is 0 Å². The largest absolute Gasteiger partial charge is 0.508 e. The predicted molar refractivity (Wildman–Crippen MR) is 81.0 cm³/mol. The van der Waals surface area contributed by atoms with Crippen molar-refractivity contribution in [1.29, 1.82) is 0 Å². The van der Waals surface area contributed by atoms with E-state index in [0.717, 1.165) is 5.56 Å². The minimum atomic E-state index is -0.873. The van der Waals surface area contributed by atoms with Crippen LogP contribution in [0.5, 0.6) is 11.5 Å². The first kappa shape index (κ1) is 16.0. The predicted octanol–water partition coefficient (Wildman–Crippen LogP) is 2.72. The van der Waals surface area contributed by atoms with E-state index in [4.69, 9.17) is 9.84 Å². The number of hydrogen-bond donors (Lipinski definition) is 1. The smallest absolute Gasteiger partial charge is 0.336 e. The van der Waals surface area contributed by atoms with Gasteiger partial charge < -0.3 is 14.7 Å². The Balaban J connectivity index is 1.89. The van der Waals surface area contributed by atoms with Crippen molar-refractivity contribution in [2.45, 2.75) is 6.61 Å². The first-order chi connectivity index (χ1) is 11.0. The molecule has 2 aromatic rings. The third-order valence-electron chi connectivity index (χ3n) is 2.78. The molecule has 0 bridgehead atoms. The molecular weight excluding hydrogens is 302 g/mol. The summed E-state index contributed by atoms with van der Waals surface area (Å²) in [6.45, 7) is -0.165. The Labute approximate surface area is 131 Å². The first-order valence-corrected chi connectivity index (χ1v) is 6.58. The van der Waals surface area contributed by atoms with Gasteiger partial charge in [0.15, 0.2) is 0 Å². The number of esters is 1. The van der Waals surface area contributed by atoms with Crippen LogP contribution in [0, 0.1) is 10.1 Å². The van der Waals surface area contributed by atoms with Crippen LogP contribution in [0.4, 0.5) is 0 Å². The van der Waals surface area contributed by atoms with E-state index >= 15 is 0 Å². The third kappa shape index (κ3) is 5.50. The van der Waals surface area contributed by atoms with E-state index < -0.39 is 11.1 Å². The van der Waals surface area contributed by atoms with E-state index in [2.05, 4.69) is 4.84 Å². The van der Waals surface area contributed by atoms with Crippen molar-refractivity contribution >= 4 is 12.0 Å². The van der Waals surface area contributed by atoms with Crippen molar-refractivity contribution < 1.29 is 24.6 Å². The van der Waals surface area contributed by atoms with Gasteiger partial charge in [0.05, 0.1) is 0 Å². The van der Waals surface area contributed by atoms with Gasteiger partial charge in [0.1, 0.15) is 18.1 Å². The number of carbonyl (C=O) groups is 1. The van der Waals surface area contributed by atoms with Gasteiger partial charge in [-0.05, 0) is 41.5 Å². The van der Waals surface area contributed by atoms with E-state index in [1.165, 1.54) is 30.3 Å². The zero-order valence-corrected chi connectivity index (χ0v) is 11.9. The normalized spacial score (nSPS) is 10.4. The van der Waals surface area contributed by atoms with Crippen molar-refractivity contribution in [2.24, 2.45) is 0 Å². The summed E-state index contributed by atoms with van der Waals surface area (Å²) in [5.41, 5.74) is 1.33. The maximum atomic E-state index is 11.7. The lowest BCUT2D eigenvalue weighted by Gasteiger charge is -2.03. The second-order valence-corrected chi connectivity index (χ2v) is 4.49. The second-order valence-electron chi connectivity index (χ2n) is 4.49. The Morgan fingerprint density at radius 2 is 1.78 bits per heavy atom. The molecular formula is C16H13NO6. The molecule has 118 valence electrons. The summed E-state index contributed by atoms with van der Waals surface area (Å²) in [7, 11) is 0. The maximum absolute atomic E-state index is 11.7. The number of benzene rings is 2. The van der Waals surface area contributed by atoms with E-state index in [1.807, 2.05) is 0 Å². The fourth-order valence-corrected chi connectivity index (χ4v) is 1.68. The highest BCUT2D eigenvalue weighted by atomic mass is 16.9. The van der Waals surface area contributed by atoms with E-state index in [0.29, 0.717) is 11.3 Å². The number of phenolic OH excluding ortho intramolecular Hbond substituents is 1. The van der Waals surface area contributed by atoms with Crippen molar-refractivity contribution in [3.63, 3.8) is 0 Å². The summed E-state index contributed by atoms with van der Waals surface area (Å²) in [4.78, 5) is 26.0. The average molecular weight is 315 g/mol. The highest BCUT2D eigenvalue weighted by molar-refractivity contribution is 5.88. The molecule has 2 rings (SSSR count). The number of nitrogens with zero attached hydrogens (tertiary/aromatic N) is 1. The lowest BCUT2D eigenvalue weighted by Crippen LogP contribution is -2.04. The molecule has 0 unspecified atom stereocenters. The molecule has 0 saturated carbocycles. The Hall–Kier alpha value is -3.35. The SMILES string of the molecule is O=C(C=Cc1ccc(O)cc1)Oc1ccc(CO[N+](=O)[O-])cc1. The van der Waals surface area contributed by atoms with Gasteiger partial charge in [0.25, 0.3) is 5.09 Å². The molecule has 0 aliphatic carbocycles. The molecule has 0 aromatic heterocycles. The van der Waals surface area contributed by atoms with Gasteiger partial charge in [-0.2, -0.15) is 0 Å². The van der Waals surface area contributed by atoms with Gasteiger partial charge >= 0.3 is 5.97 Å². The van der Waals surface area contributed by atoms with Gasteiger partial charge in [-0.3, -0.25) is 0 Å². The quantitative estimate of drug-likeness (QED) is 0.289. The monoisotopic (exact) mass is 315 g/mol. The lowest BCUT2D eigenvalue weighted by atomic mass is 10.2. The summed E-state index contributed by atoms with van der Waals surface area (Å²) in [6, 6.07) is 12.5. The fourth-order valence-electron chi connectivity index (χ4n) is 1.68. The zero-order valence-electron chi connectivity index (χ0n) is 11.9. The highest BCUT2D eigenvalue weighted by Gasteiger charge is 2.02. The molecule has 0 radical (unpaired) electrons. The Bertz CT molecular complexity index is 706. The lowest BCUT2D eigenvalue weighted by molar-refractivity contribution is -0.763. The molecule has 0 amide bonds. The van der Waals surface area contributed by atoms with Gasteiger partial charge in [-0.25, -0.2) is 4.79 Å². The van der Waals surface area contributed by atoms with Crippen LogP contribution < -0.4 is 4.74 Å². The molecule has 0 aliphatic rings. The molecule has 7 nitrogen and oxygen atoms in total. The fraction of sp³-hybridized carbons (Fsp3) is 0.0625. The average Bonchev–Trinajstić information content (AvgIpc) is 2.53. The van der Waals surface area contributed by atoms with E-state index in [1.54, 1.807) is 30.3 Å². The molecule has 1 N–H and O–H groups in total. The Morgan fingerprint density at radius 1 is 1.13 bits per heavy atom. The summed E-state index contributed by atoms with van der Waals surface area (Å²) < 4.78 is 5.09. The number of aromatic hydroxyl groups is 1. The number of carbonyl (C=O) groups excluding carboxylic acids is 1. The third-order valence-corrected chi connectivity index (χ3v) is 2.78. The topological polar surface area (TPSA) is 98.9 Å². The molecule has 0 spiro atoms. The molecule has 7 heteroatoms. The molecule has 0 aliphatic heterocycles. The first-order valence-electron chi connectivity index (χ1n) is 6.58. The number of ether oxygens (including phenoxy) is 1. The van der Waals surface area contributed by atoms with Crippen LogP contribution in [0.3, 0.4) is 0 Å². The van der Waals surface area contributed by atoms with Crippen LogP contribution in [0.2, 0.25) is 0 Å². The van der Waals surface area contributed by atoms with Gasteiger partial charge in [-0.1, -0.05) is 24.3 Å². The molecule has 0 saturated heterocycles. The van der Waals surface area contributed by atoms with Crippen LogP contribution in [0.15, 0.2) is 54.6 Å².